The Balaban J connectivity index is 1.49. The number of amides is 2. The number of rotatable bonds is 5. The lowest BCUT2D eigenvalue weighted by Gasteiger charge is -2.29. The van der Waals surface area contributed by atoms with Crippen molar-refractivity contribution >= 4 is 28.9 Å². The Bertz CT molecular complexity index is 824. The zero-order valence-electron chi connectivity index (χ0n) is 15.2. The van der Waals surface area contributed by atoms with Crippen molar-refractivity contribution in [2.75, 3.05) is 24.6 Å². The largest absolute Gasteiger partial charge is 0.492 e. The van der Waals surface area contributed by atoms with Gasteiger partial charge in [-0.1, -0.05) is 29.9 Å². The summed E-state index contributed by atoms with van der Waals surface area (Å²) in [6.07, 6.45) is 1.98. The van der Waals surface area contributed by atoms with Crippen LogP contribution in [0.2, 0.25) is 0 Å². The third-order valence-corrected chi connectivity index (χ3v) is 4.79. The zero-order chi connectivity index (χ0) is 19.2. The summed E-state index contributed by atoms with van der Waals surface area (Å²) in [5.41, 5.74) is 6.08. The van der Waals surface area contributed by atoms with Crippen LogP contribution in [0.15, 0.2) is 42.5 Å². The van der Waals surface area contributed by atoms with E-state index in [0.29, 0.717) is 24.5 Å². The monoisotopic (exact) mass is 385 g/mol. The molecule has 0 aliphatic carbocycles. The summed E-state index contributed by atoms with van der Waals surface area (Å²) >= 11 is 4.94. The van der Waals surface area contributed by atoms with Crippen LogP contribution in [0.1, 0.15) is 23.1 Å². The number of benzene rings is 2. The summed E-state index contributed by atoms with van der Waals surface area (Å²) in [4.78, 5) is 14.6. The quantitative estimate of drug-likeness (QED) is 0.419. The molecule has 0 fully saturated rings. The smallest absolute Gasteiger partial charge is 0.322 e. The SMILES string of the molecule is Cc1ccc2c(c1)CCCN2C(=O)NCCOc1ccc(C(=S)NO)cc1. The average molecular weight is 385 g/mol. The highest BCUT2D eigenvalue weighted by atomic mass is 32.1. The molecule has 3 rings (SSSR count). The van der Waals surface area contributed by atoms with Crippen molar-refractivity contribution in [3.8, 4) is 5.75 Å². The fourth-order valence-electron chi connectivity index (χ4n) is 3.13. The maximum Gasteiger partial charge on any atom is 0.322 e. The Morgan fingerprint density at radius 3 is 2.78 bits per heavy atom. The molecule has 3 N–H and O–H groups in total. The lowest BCUT2D eigenvalue weighted by molar-refractivity contribution is 0.238. The summed E-state index contributed by atoms with van der Waals surface area (Å²) < 4.78 is 5.64. The number of urea groups is 1. The van der Waals surface area contributed by atoms with Gasteiger partial charge < -0.3 is 10.1 Å². The minimum atomic E-state index is -0.0990. The van der Waals surface area contributed by atoms with Crippen LogP contribution in [0.5, 0.6) is 5.75 Å². The topological polar surface area (TPSA) is 73.8 Å². The Morgan fingerprint density at radius 1 is 1.26 bits per heavy atom. The molecule has 0 spiro atoms. The lowest BCUT2D eigenvalue weighted by Crippen LogP contribution is -2.44. The van der Waals surface area contributed by atoms with E-state index < -0.39 is 0 Å². The van der Waals surface area contributed by atoms with Crippen LogP contribution in [0, 0.1) is 6.92 Å². The van der Waals surface area contributed by atoms with Crippen molar-refractivity contribution in [2.24, 2.45) is 0 Å². The molecule has 7 heteroatoms. The number of anilines is 1. The fraction of sp³-hybridized carbons (Fsp3) is 0.300. The van der Waals surface area contributed by atoms with Crippen molar-refractivity contribution in [3.05, 3.63) is 59.2 Å². The van der Waals surface area contributed by atoms with Gasteiger partial charge in [0.1, 0.15) is 17.3 Å². The molecule has 27 heavy (non-hydrogen) atoms. The third-order valence-electron chi connectivity index (χ3n) is 4.46. The van der Waals surface area contributed by atoms with Crippen molar-refractivity contribution in [2.45, 2.75) is 19.8 Å². The van der Waals surface area contributed by atoms with E-state index >= 15 is 0 Å². The third kappa shape index (κ3) is 4.75. The van der Waals surface area contributed by atoms with Crippen LogP contribution in [0.4, 0.5) is 10.5 Å². The van der Waals surface area contributed by atoms with Crippen molar-refractivity contribution < 1.29 is 14.7 Å². The molecule has 0 saturated heterocycles. The van der Waals surface area contributed by atoms with Gasteiger partial charge in [-0.2, -0.15) is 0 Å². The van der Waals surface area contributed by atoms with Crippen LogP contribution >= 0.6 is 12.2 Å². The van der Waals surface area contributed by atoms with E-state index in [2.05, 4.69) is 18.3 Å². The first-order chi connectivity index (χ1) is 13.1. The summed E-state index contributed by atoms with van der Waals surface area (Å²) in [6, 6.07) is 13.2. The highest BCUT2D eigenvalue weighted by Crippen LogP contribution is 2.27. The zero-order valence-corrected chi connectivity index (χ0v) is 16.0. The molecule has 2 aromatic rings. The van der Waals surface area contributed by atoms with Gasteiger partial charge in [0.2, 0.25) is 0 Å². The predicted octanol–water partition coefficient (Wildman–Crippen LogP) is 3.19. The minimum Gasteiger partial charge on any atom is -0.492 e. The molecule has 2 aromatic carbocycles. The second-order valence-corrected chi connectivity index (χ2v) is 6.84. The number of thiocarbonyl (C=S) groups is 1. The number of nitrogens with zero attached hydrogens (tertiary/aromatic N) is 1. The molecule has 0 radical (unpaired) electrons. The number of carbonyl (C=O) groups excluding carboxylic acids is 1. The van der Waals surface area contributed by atoms with Gasteiger partial charge in [-0.05, 0) is 55.7 Å². The van der Waals surface area contributed by atoms with Gasteiger partial charge in [0, 0.05) is 17.8 Å². The van der Waals surface area contributed by atoms with Gasteiger partial charge >= 0.3 is 6.03 Å². The van der Waals surface area contributed by atoms with Gasteiger partial charge in [0.25, 0.3) is 0 Å². The van der Waals surface area contributed by atoms with E-state index in [1.54, 1.807) is 29.2 Å². The summed E-state index contributed by atoms with van der Waals surface area (Å²) in [7, 11) is 0. The van der Waals surface area contributed by atoms with E-state index in [0.717, 1.165) is 25.1 Å². The Hall–Kier alpha value is -2.64. The van der Waals surface area contributed by atoms with Crippen LogP contribution in [-0.2, 0) is 6.42 Å². The highest BCUT2D eigenvalue weighted by Gasteiger charge is 2.22. The van der Waals surface area contributed by atoms with E-state index in [4.69, 9.17) is 22.2 Å². The molecule has 6 nitrogen and oxygen atoms in total. The molecule has 0 unspecified atom stereocenters. The molecule has 0 atom stereocenters. The maximum absolute atomic E-state index is 12.5. The van der Waals surface area contributed by atoms with E-state index in [1.807, 2.05) is 17.6 Å². The number of nitrogens with one attached hydrogen (secondary N) is 2. The normalized spacial score (nSPS) is 12.9. The van der Waals surface area contributed by atoms with Crippen molar-refractivity contribution in [3.63, 3.8) is 0 Å². The van der Waals surface area contributed by atoms with Gasteiger partial charge in [0.05, 0.1) is 6.54 Å². The molecule has 0 aromatic heterocycles. The first-order valence-corrected chi connectivity index (χ1v) is 9.31. The molecular formula is C20H23N3O3S. The van der Waals surface area contributed by atoms with E-state index in [1.165, 1.54) is 11.1 Å². The highest BCUT2D eigenvalue weighted by molar-refractivity contribution is 7.80. The molecule has 142 valence electrons. The number of hydroxylamine groups is 1. The van der Waals surface area contributed by atoms with Gasteiger partial charge in [-0.3, -0.25) is 15.6 Å². The number of aryl methyl sites for hydroxylation is 2. The molecule has 0 saturated carbocycles. The Labute approximate surface area is 164 Å². The van der Waals surface area contributed by atoms with Crippen LogP contribution in [0.25, 0.3) is 0 Å². The lowest BCUT2D eigenvalue weighted by atomic mass is 10.00. The van der Waals surface area contributed by atoms with E-state index in [-0.39, 0.29) is 11.0 Å². The Kier molecular flexibility index (Phi) is 6.26. The molecule has 2 amide bonds. The number of fused-ring (bicyclic) bond motifs is 1. The molecule has 1 aliphatic rings. The molecular weight excluding hydrogens is 362 g/mol. The maximum atomic E-state index is 12.5. The van der Waals surface area contributed by atoms with E-state index in [9.17, 15) is 4.79 Å². The number of carbonyl (C=O) groups is 1. The minimum absolute atomic E-state index is 0.0990. The first kappa shape index (κ1) is 19.1. The Morgan fingerprint density at radius 2 is 2.04 bits per heavy atom. The van der Waals surface area contributed by atoms with Crippen molar-refractivity contribution in [1.82, 2.24) is 10.8 Å². The summed E-state index contributed by atoms with van der Waals surface area (Å²) in [6.45, 7) is 3.57. The second-order valence-electron chi connectivity index (χ2n) is 6.43. The first-order valence-electron chi connectivity index (χ1n) is 8.90. The molecule has 0 bridgehead atoms. The standard InChI is InChI=1S/C20H23N3O3S/c1-14-4-9-18-16(13-14)3-2-11-23(18)20(24)21-10-12-26-17-7-5-15(6-8-17)19(27)22-25/h4-9,13,25H,2-3,10-12H2,1H3,(H,21,24)(H,22,27). The predicted molar refractivity (Wildman–Crippen MR) is 109 cm³/mol. The molecule has 1 aliphatic heterocycles. The number of hydrogen-bond acceptors (Lipinski definition) is 4. The summed E-state index contributed by atoms with van der Waals surface area (Å²) in [5.74, 6) is 0.674. The number of ether oxygens (including phenoxy) is 1. The fourth-order valence-corrected chi connectivity index (χ4v) is 3.26. The second kappa shape index (κ2) is 8.83. The average Bonchev–Trinajstić information content (AvgIpc) is 2.70. The van der Waals surface area contributed by atoms with Crippen LogP contribution < -0.4 is 20.4 Å². The summed E-state index contributed by atoms with van der Waals surface area (Å²) in [5, 5.41) is 11.7. The molecule has 1 heterocycles. The van der Waals surface area contributed by atoms with Crippen LogP contribution in [0.3, 0.4) is 0 Å². The van der Waals surface area contributed by atoms with Gasteiger partial charge in [-0.25, -0.2) is 4.79 Å². The van der Waals surface area contributed by atoms with Crippen molar-refractivity contribution in [1.29, 1.82) is 0 Å². The van der Waals surface area contributed by atoms with Gasteiger partial charge in [0.15, 0.2) is 0 Å². The van der Waals surface area contributed by atoms with Gasteiger partial charge in [-0.15, -0.1) is 0 Å². The van der Waals surface area contributed by atoms with Crippen LogP contribution in [-0.4, -0.2) is 35.9 Å². The number of hydrogen-bond donors (Lipinski definition) is 3.